The minimum atomic E-state index is 0.116. The maximum atomic E-state index is 12.4. The maximum absolute atomic E-state index is 12.4. The molecule has 0 saturated heterocycles. The van der Waals surface area contributed by atoms with Crippen molar-refractivity contribution < 1.29 is 9.59 Å². The van der Waals surface area contributed by atoms with Crippen LogP contribution in [0.3, 0.4) is 0 Å². The summed E-state index contributed by atoms with van der Waals surface area (Å²) in [7, 11) is 4.17. The molecule has 0 aromatic heterocycles. The van der Waals surface area contributed by atoms with Crippen LogP contribution in [0.1, 0.15) is 46.0 Å². The summed E-state index contributed by atoms with van der Waals surface area (Å²) in [6.45, 7) is 4.65. The number of allylic oxidation sites excluding steroid dienone is 4. The third kappa shape index (κ3) is 2.93. The Morgan fingerprint density at radius 2 is 1.40 bits per heavy atom. The molecule has 0 radical (unpaired) electrons. The van der Waals surface area contributed by atoms with Gasteiger partial charge in [0.2, 0.25) is 0 Å². The summed E-state index contributed by atoms with van der Waals surface area (Å²) in [5.41, 5.74) is 2.93. The fourth-order valence-corrected chi connectivity index (χ4v) is 3.17. The predicted octanol–water partition coefficient (Wildman–Crippen LogP) is 2.91. The van der Waals surface area contributed by atoms with E-state index in [0.717, 1.165) is 49.8 Å². The molecule has 3 nitrogen and oxygen atoms in total. The lowest BCUT2D eigenvalue weighted by Gasteiger charge is -2.18. The molecule has 0 unspecified atom stereocenters. The lowest BCUT2D eigenvalue weighted by molar-refractivity contribution is -0.116. The van der Waals surface area contributed by atoms with E-state index < -0.39 is 0 Å². The molecule has 0 spiro atoms. The third-order valence-corrected chi connectivity index (χ3v) is 4.75. The van der Waals surface area contributed by atoms with E-state index in [1.807, 2.05) is 0 Å². The number of carbonyl (C=O) groups is 2. The van der Waals surface area contributed by atoms with Crippen molar-refractivity contribution in [3.8, 4) is 0 Å². The Bertz CT molecular complexity index is 459. The molecule has 0 saturated carbocycles. The van der Waals surface area contributed by atoms with Crippen molar-refractivity contribution in [3.63, 3.8) is 0 Å². The van der Waals surface area contributed by atoms with Gasteiger partial charge < -0.3 is 4.90 Å². The van der Waals surface area contributed by atoms with E-state index in [0.29, 0.717) is 17.1 Å². The molecule has 0 aromatic rings. The lowest BCUT2D eigenvalue weighted by Crippen LogP contribution is -2.21. The van der Waals surface area contributed by atoms with Gasteiger partial charge in [0.25, 0.3) is 0 Å². The van der Waals surface area contributed by atoms with E-state index in [9.17, 15) is 9.59 Å². The average Bonchev–Trinajstić information content (AvgIpc) is 2.63. The van der Waals surface area contributed by atoms with Crippen LogP contribution in [0, 0.1) is 5.92 Å². The summed E-state index contributed by atoms with van der Waals surface area (Å²) in [4.78, 5) is 26.9. The molecule has 0 aliphatic heterocycles. The Kier molecular flexibility index (Phi) is 4.59. The van der Waals surface area contributed by atoms with Gasteiger partial charge in [-0.1, -0.05) is 0 Å². The van der Waals surface area contributed by atoms with Gasteiger partial charge in [0.05, 0.1) is 0 Å². The number of hydrogen-bond acceptors (Lipinski definition) is 3. The normalized spacial score (nSPS) is 21.6. The van der Waals surface area contributed by atoms with Crippen molar-refractivity contribution in [2.24, 2.45) is 5.92 Å². The van der Waals surface area contributed by atoms with Gasteiger partial charge >= 0.3 is 0 Å². The number of carbonyl (C=O) groups excluding carboxylic acids is 2. The van der Waals surface area contributed by atoms with Crippen LogP contribution in [0.5, 0.6) is 0 Å². The summed E-state index contributed by atoms with van der Waals surface area (Å²) in [6, 6.07) is 0. The lowest BCUT2D eigenvalue weighted by atomic mass is 9.83. The summed E-state index contributed by atoms with van der Waals surface area (Å²) in [5.74, 6) is 0.861. The zero-order valence-electron chi connectivity index (χ0n) is 13.1. The quantitative estimate of drug-likeness (QED) is 0.743. The van der Waals surface area contributed by atoms with Crippen molar-refractivity contribution in [2.45, 2.75) is 46.0 Å². The van der Waals surface area contributed by atoms with Crippen molar-refractivity contribution in [3.05, 3.63) is 22.3 Å². The molecule has 0 heterocycles. The average molecular weight is 275 g/mol. The molecular weight excluding hydrogens is 250 g/mol. The largest absolute Gasteiger partial charge is 0.309 e. The SMILES string of the molecule is CC1=C(C)C(=O)C2=C(CCC(CCN(C)C)CC2)C1=O. The Labute approximate surface area is 121 Å². The van der Waals surface area contributed by atoms with Gasteiger partial charge in [-0.2, -0.15) is 0 Å². The molecule has 3 heteroatoms. The third-order valence-electron chi connectivity index (χ3n) is 4.75. The van der Waals surface area contributed by atoms with Crippen molar-refractivity contribution in [2.75, 3.05) is 20.6 Å². The minimum absolute atomic E-state index is 0.116. The second-order valence-corrected chi connectivity index (χ2v) is 6.40. The van der Waals surface area contributed by atoms with E-state index in [1.165, 1.54) is 0 Å². The number of hydrogen-bond donors (Lipinski definition) is 0. The minimum Gasteiger partial charge on any atom is -0.309 e. The Hall–Kier alpha value is -1.22. The number of rotatable bonds is 3. The molecule has 0 atom stereocenters. The summed E-state index contributed by atoms with van der Waals surface area (Å²) >= 11 is 0. The van der Waals surface area contributed by atoms with Crippen LogP contribution in [0.4, 0.5) is 0 Å². The second-order valence-electron chi connectivity index (χ2n) is 6.40. The molecule has 0 aromatic carbocycles. The highest BCUT2D eigenvalue weighted by molar-refractivity contribution is 6.24. The monoisotopic (exact) mass is 275 g/mol. The number of ketones is 2. The van der Waals surface area contributed by atoms with Crippen molar-refractivity contribution in [1.29, 1.82) is 0 Å². The zero-order valence-corrected chi connectivity index (χ0v) is 13.1. The second kappa shape index (κ2) is 6.04. The molecule has 2 aliphatic rings. The highest BCUT2D eigenvalue weighted by Gasteiger charge is 2.32. The standard InChI is InChI=1S/C17H25NO2/c1-11-12(2)17(20)15-8-6-13(9-10-18(3)4)5-7-14(15)16(11)19/h13H,5-10H2,1-4H3. The van der Waals surface area contributed by atoms with Crippen LogP contribution in [-0.4, -0.2) is 37.1 Å². The summed E-state index contributed by atoms with van der Waals surface area (Å²) < 4.78 is 0. The maximum Gasteiger partial charge on any atom is 0.185 e. The predicted molar refractivity (Wildman–Crippen MR) is 80.5 cm³/mol. The van der Waals surface area contributed by atoms with Crippen LogP contribution in [0.2, 0.25) is 0 Å². The van der Waals surface area contributed by atoms with E-state index in [2.05, 4.69) is 19.0 Å². The van der Waals surface area contributed by atoms with Crippen LogP contribution in [-0.2, 0) is 9.59 Å². The van der Waals surface area contributed by atoms with Crippen LogP contribution >= 0.6 is 0 Å². The first-order valence-corrected chi connectivity index (χ1v) is 7.55. The van der Waals surface area contributed by atoms with E-state index >= 15 is 0 Å². The van der Waals surface area contributed by atoms with Crippen LogP contribution < -0.4 is 0 Å². The number of Topliss-reactive ketones (excluding diaryl/α,β-unsaturated/α-hetero) is 2. The van der Waals surface area contributed by atoms with E-state index in [4.69, 9.17) is 0 Å². The molecule has 2 aliphatic carbocycles. The highest BCUT2D eigenvalue weighted by Crippen LogP contribution is 2.36. The van der Waals surface area contributed by atoms with Gasteiger partial charge in [0, 0.05) is 22.3 Å². The fraction of sp³-hybridized carbons (Fsp3) is 0.647. The topological polar surface area (TPSA) is 37.4 Å². The van der Waals surface area contributed by atoms with E-state index in [1.54, 1.807) is 13.8 Å². The van der Waals surface area contributed by atoms with Gasteiger partial charge in [0.15, 0.2) is 11.6 Å². The Balaban J connectivity index is 2.11. The van der Waals surface area contributed by atoms with Crippen LogP contribution in [0.15, 0.2) is 22.3 Å². The van der Waals surface area contributed by atoms with Crippen molar-refractivity contribution in [1.82, 2.24) is 4.90 Å². The van der Waals surface area contributed by atoms with E-state index in [-0.39, 0.29) is 11.6 Å². The first kappa shape index (κ1) is 15.2. The molecule has 20 heavy (non-hydrogen) atoms. The zero-order chi connectivity index (χ0) is 14.9. The smallest absolute Gasteiger partial charge is 0.185 e. The fourth-order valence-electron chi connectivity index (χ4n) is 3.17. The Morgan fingerprint density at radius 3 is 1.80 bits per heavy atom. The first-order chi connectivity index (χ1) is 9.41. The Morgan fingerprint density at radius 1 is 0.950 bits per heavy atom. The number of nitrogens with zero attached hydrogens (tertiary/aromatic N) is 1. The van der Waals surface area contributed by atoms with Gasteiger partial charge in [-0.25, -0.2) is 0 Å². The van der Waals surface area contributed by atoms with Gasteiger partial charge in [-0.05, 0) is 72.5 Å². The molecule has 0 N–H and O–H groups in total. The highest BCUT2D eigenvalue weighted by atomic mass is 16.1. The van der Waals surface area contributed by atoms with Crippen LogP contribution in [0.25, 0.3) is 0 Å². The van der Waals surface area contributed by atoms with Crippen molar-refractivity contribution >= 4 is 11.6 Å². The molecule has 0 fully saturated rings. The van der Waals surface area contributed by atoms with Gasteiger partial charge in [-0.3, -0.25) is 9.59 Å². The van der Waals surface area contributed by atoms with Gasteiger partial charge in [0.1, 0.15) is 0 Å². The molecule has 0 bridgehead atoms. The summed E-state index contributed by atoms with van der Waals surface area (Å²) in [6.07, 6.45) is 4.79. The van der Waals surface area contributed by atoms with Gasteiger partial charge in [-0.15, -0.1) is 0 Å². The molecule has 0 amide bonds. The molecule has 2 rings (SSSR count). The summed E-state index contributed by atoms with van der Waals surface area (Å²) in [5, 5.41) is 0. The molecular formula is C17H25NO2. The first-order valence-electron chi connectivity index (χ1n) is 7.55. The molecule has 110 valence electrons.